The van der Waals surface area contributed by atoms with E-state index in [9.17, 15) is 14.4 Å². The van der Waals surface area contributed by atoms with Crippen LogP contribution in [0.15, 0.2) is 0 Å². The Kier molecular flexibility index (Phi) is 6.48. The molecule has 0 aliphatic carbocycles. The number of carboxylic acids is 1. The van der Waals surface area contributed by atoms with Gasteiger partial charge in [0.25, 0.3) is 0 Å². The van der Waals surface area contributed by atoms with Gasteiger partial charge in [-0.05, 0) is 19.3 Å². The van der Waals surface area contributed by atoms with E-state index in [1.54, 1.807) is 4.90 Å². The van der Waals surface area contributed by atoms with Gasteiger partial charge in [-0.1, -0.05) is 26.7 Å². The molecule has 2 amide bonds. The molecule has 0 bridgehead atoms. The SMILES string of the molecule is CCCCC(NC(=O)C(CC)N1CCCC1=O)C(=O)O. The van der Waals surface area contributed by atoms with Gasteiger partial charge in [-0.3, -0.25) is 9.59 Å². The second kappa shape index (κ2) is 7.87. The van der Waals surface area contributed by atoms with Crippen LogP contribution in [0.5, 0.6) is 0 Å². The molecule has 0 aromatic heterocycles. The van der Waals surface area contributed by atoms with Crippen LogP contribution >= 0.6 is 0 Å². The first-order valence-corrected chi connectivity index (χ1v) is 7.33. The van der Waals surface area contributed by atoms with E-state index in [4.69, 9.17) is 5.11 Å². The monoisotopic (exact) mass is 284 g/mol. The number of nitrogens with one attached hydrogen (secondary N) is 1. The third-order valence-corrected chi connectivity index (χ3v) is 3.64. The van der Waals surface area contributed by atoms with Gasteiger partial charge in [-0.25, -0.2) is 4.79 Å². The number of carbonyl (C=O) groups excluding carboxylic acids is 2. The van der Waals surface area contributed by atoms with Gasteiger partial charge >= 0.3 is 5.97 Å². The number of hydrogen-bond donors (Lipinski definition) is 2. The Morgan fingerprint density at radius 3 is 2.55 bits per heavy atom. The van der Waals surface area contributed by atoms with E-state index >= 15 is 0 Å². The van der Waals surface area contributed by atoms with Crippen molar-refractivity contribution in [1.82, 2.24) is 10.2 Å². The first kappa shape index (κ1) is 16.5. The Morgan fingerprint density at radius 2 is 2.10 bits per heavy atom. The summed E-state index contributed by atoms with van der Waals surface area (Å²) in [6.45, 7) is 4.38. The van der Waals surface area contributed by atoms with Gasteiger partial charge in [0.05, 0.1) is 0 Å². The summed E-state index contributed by atoms with van der Waals surface area (Å²) < 4.78 is 0. The predicted molar refractivity (Wildman–Crippen MR) is 74.1 cm³/mol. The van der Waals surface area contributed by atoms with E-state index in [0.29, 0.717) is 25.8 Å². The second-order valence-corrected chi connectivity index (χ2v) is 5.16. The zero-order chi connectivity index (χ0) is 15.1. The minimum absolute atomic E-state index is 0.0209. The molecule has 0 aromatic carbocycles. The fourth-order valence-electron chi connectivity index (χ4n) is 2.48. The third-order valence-electron chi connectivity index (χ3n) is 3.64. The zero-order valence-corrected chi connectivity index (χ0v) is 12.2. The summed E-state index contributed by atoms with van der Waals surface area (Å²) in [5, 5.41) is 11.7. The Labute approximate surface area is 119 Å². The number of unbranched alkanes of at least 4 members (excludes halogenated alkanes) is 1. The van der Waals surface area contributed by atoms with E-state index in [-0.39, 0.29) is 11.8 Å². The van der Waals surface area contributed by atoms with Crippen LogP contribution in [0, 0.1) is 0 Å². The summed E-state index contributed by atoms with van der Waals surface area (Å²) in [4.78, 5) is 36.6. The maximum Gasteiger partial charge on any atom is 0.326 e. The summed E-state index contributed by atoms with van der Waals surface area (Å²) in [5.74, 6) is -1.40. The van der Waals surface area contributed by atoms with E-state index < -0.39 is 18.1 Å². The number of carboxylic acid groups (broad SMARTS) is 1. The predicted octanol–water partition coefficient (Wildman–Crippen LogP) is 1.15. The summed E-state index contributed by atoms with van der Waals surface area (Å²) >= 11 is 0. The average Bonchev–Trinajstić information content (AvgIpc) is 2.81. The van der Waals surface area contributed by atoms with Gasteiger partial charge in [-0.15, -0.1) is 0 Å². The number of likely N-dealkylation sites (tertiary alicyclic amines) is 1. The van der Waals surface area contributed by atoms with Crippen molar-refractivity contribution in [2.24, 2.45) is 0 Å². The minimum Gasteiger partial charge on any atom is -0.480 e. The summed E-state index contributed by atoms with van der Waals surface area (Å²) in [5.41, 5.74) is 0. The Hall–Kier alpha value is -1.59. The lowest BCUT2D eigenvalue weighted by Gasteiger charge is -2.27. The number of rotatable bonds is 8. The fraction of sp³-hybridized carbons (Fsp3) is 0.786. The molecular formula is C14H24N2O4. The molecule has 6 heteroatoms. The highest BCUT2D eigenvalue weighted by Gasteiger charge is 2.33. The van der Waals surface area contributed by atoms with Gasteiger partial charge in [-0.2, -0.15) is 0 Å². The summed E-state index contributed by atoms with van der Waals surface area (Å²) in [6, 6.07) is -1.41. The fourth-order valence-corrected chi connectivity index (χ4v) is 2.48. The molecule has 1 heterocycles. The van der Waals surface area contributed by atoms with Crippen molar-refractivity contribution in [2.45, 2.75) is 64.5 Å². The molecule has 2 N–H and O–H groups in total. The summed E-state index contributed by atoms with van der Waals surface area (Å²) in [6.07, 6.45) is 3.78. The van der Waals surface area contributed by atoms with Crippen LogP contribution in [-0.4, -0.2) is 46.4 Å². The number of amides is 2. The van der Waals surface area contributed by atoms with Crippen molar-refractivity contribution in [3.05, 3.63) is 0 Å². The van der Waals surface area contributed by atoms with Crippen LogP contribution in [0.25, 0.3) is 0 Å². The molecule has 0 aromatic rings. The molecule has 1 aliphatic heterocycles. The van der Waals surface area contributed by atoms with E-state index in [2.05, 4.69) is 5.32 Å². The lowest BCUT2D eigenvalue weighted by molar-refractivity contribution is -0.144. The number of hydrogen-bond acceptors (Lipinski definition) is 3. The molecule has 6 nitrogen and oxygen atoms in total. The highest BCUT2D eigenvalue weighted by atomic mass is 16.4. The second-order valence-electron chi connectivity index (χ2n) is 5.16. The molecular weight excluding hydrogens is 260 g/mol. The lowest BCUT2D eigenvalue weighted by Crippen LogP contribution is -2.51. The van der Waals surface area contributed by atoms with E-state index in [0.717, 1.165) is 19.3 Å². The van der Waals surface area contributed by atoms with E-state index in [1.165, 1.54) is 0 Å². The van der Waals surface area contributed by atoms with E-state index in [1.807, 2.05) is 13.8 Å². The van der Waals surface area contributed by atoms with Crippen LogP contribution in [0.1, 0.15) is 52.4 Å². The van der Waals surface area contributed by atoms with Crippen molar-refractivity contribution in [1.29, 1.82) is 0 Å². The van der Waals surface area contributed by atoms with Gasteiger partial charge in [0.15, 0.2) is 0 Å². The Morgan fingerprint density at radius 1 is 1.40 bits per heavy atom. The first-order valence-electron chi connectivity index (χ1n) is 7.33. The largest absolute Gasteiger partial charge is 0.480 e. The quantitative estimate of drug-likeness (QED) is 0.700. The molecule has 0 spiro atoms. The van der Waals surface area contributed by atoms with Gasteiger partial charge in [0.2, 0.25) is 11.8 Å². The van der Waals surface area contributed by atoms with Crippen LogP contribution < -0.4 is 5.32 Å². The molecule has 1 saturated heterocycles. The molecule has 2 unspecified atom stereocenters. The van der Waals surface area contributed by atoms with Crippen LogP contribution in [0.4, 0.5) is 0 Å². The molecule has 1 fully saturated rings. The lowest BCUT2D eigenvalue weighted by atomic mass is 10.1. The maximum absolute atomic E-state index is 12.2. The van der Waals surface area contributed by atoms with Crippen molar-refractivity contribution in [3.63, 3.8) is 0 Å². The first-order chi connectivity index (χ1) is 9.51. The topological polar surface area (TPSA) is 86.7 Å². The van der Waals surface area contributed by atoms with Crippen molar-refractivity contribution < 1.29 is 19.5 Å². The number of nitrogens with zero attached hydrogens (tertiary/aromatic N) is 1. The van der Waals surface area contributed by atoms with Crippen molar-refractivity contribution in [2.75, 3.05) is 6.54 Å². The van der Waals surface area contributed by atoms with Crippen LogP contribution in [-0.2, 0) is 14.4 Å². The van der Waals surface area contributed by atoms with Crippen LogP contribution in [0.2, 0.25) is 0 Å². The molecule has 0 radical (unpaired) electrons. The highest BCUT2D eigenvalue weighted by molar-refractivity contribution is 5.91. The molecule has 1 rings (SSSR count). The normalized spacial score (nSPS) is 17.9. The van der Waals surface area contributed by atoms with Gasteiger partial charge < -0.3 is 15.3 Å². The molecule has 1 aliphatic rings. The zero-order valence-electron chi connectivity index (χ0n) is 12.2. The molecule has 20 heavy (non-hydrogen) atoms. The molecule has 0 saturated carbocycles. The van der Waals surface area contributed by atoms with Crippen molar-refractivity contribution >= 4 is 17.8 Å². The standard InChI is InChI=1S/C14H24N2O4/c1-3-5-7-10(14(19)20)15-13(18)11(4-2)16-9-6-8-12(16)17/h10-11H,3-9H2,1-2H3,(H,15,18)(H,19,20). The van der Waals surface area contributed by atoms with Crippen LogP contribution in [0.3, 0.4) is 0 Å². The third kappa shape index (κ3) is 4.21. The van der Waals surface area contributed by atoms with Crippen molar-refractivity contribution in [3.8, 4) is 0 Å². The highest BCUT2D eigenvalue weighted by Crippen LogP contribution is 2.16. The minimum atomic E-state index is -1.02. The number of carbonyl (C=O) groups is 3. The van der Waals surface area contributed by atoms with Gasteiger partial charge in [0.1, 0.15) is 12.1 Å². The molecule has 2 atom stereocenters. The Bertz CT molecular complexity index is 370. The smallest absolute Gasteiger partial charge is 0.326 e. The molecule has 114 valence electrons. The average molecular weight is 284 g/mol. The Balaban J connectivity index is 2.65. The maximum atomic E-state index is 12.2. The van der Waals surface area contributed by atoms with Gasteiger partial charge in [0, 0.05) is 13.0 Å². The number of aliphatic carboxylic acids is 1. The summed E-state index contributed by atoms with van der Waals surface area (Å²) in [7, 11) is 0.